The zero-order valence-corrected chi connectivity index (χ0v) is 11.4. The van der Waals surface area contributed by atoms with Gasteiger partial charge < -0.3 is 10.7 Å². The van der Waals surface area contributed by atoms with Crippen LogP contribution in [0.4, 0.5) is 11.6 Å². The van der Waals surface area contributed by atoms with E-state index in [9.17, 15) is 0 Å². The molecule has 17 heavy (non-hydrogen) atoms. The fourth-order valence-electron chi connectivity index (χ4n) is 1.35. The van der Waals surface area contributed by atoms with Gasteiger partial charge in [0, 0.05) is 6.54 Å². The number of hydrogen-bond donors (Lipinski definition) is 3. The first-order chi connectivity index (χ1) is 8.31. The fraction of sp³-hybridized carbons (Fsp3) is 0.200. The van der Waals surface area contributed by atoms with Crippen molar-refractivity contribution in [1.29, 1.82) is 0 Å². The minimum atomic E-state index is 0.568. The predicted octanol–water partition coefficient (Wildman–Crippen LogP) is 2.24. The lowest BCUT2D eigenvalue weighted by Gasteiger charge is -2.09. The Morgan fingerprint density at radius 1 is 1.35 bits per heavy atom. The third kappa shape index (κ3) is 3.15. The molecule has 4 N–H and O–H groups in total. The van der Waals surface area contributed by atoms with Crippen LogP contribution in [0.2, 0.25) is 0 Å². The Hall–Kier alpha value is -1.18. The second kappa shape index (κ2) is 5.95. The van der Waals surface area contributed by atoms with E-state index in [2.05, 4.69) is 53.5 Å². The SMILES string of the molecule is NNc1ncnc(NCCc2ccsc2)c1Br. The van der Waals surface area contributed by atoms with Crippen LogP contribution in [-0.4, -0.2) is 16.5 Å². The summed E-state index contributed by atoms with van der Waals surface area (Å²) in [4.78, 5) is 8.13. The molecule has 2 aromatic heterocycles. The minimum Gasteiger partial charge on any atom is -0.369 e. The van der Waals surface area contributed by atoms with Crippen molar-refractivity contribution in [2.75, 3.05) is 17.3 Å². The van der Waals surface area contributed by atoms with Gasteiger partial charge in [-0.3, -0.25) is 0 Å². The summed E-state index contributed by atoms with van der Waals surface area (Å²) in [5.41, 5.74) is 3.83. The highest BCUT2D eigenvalue weighted by atomic mass is 79.9. The van der Waals surface area contributed by atoms with Gasteiger partial charge in [0.1, 0.15) is 16.6 Å². The average Bonchev–Trinajstić information content (AvgIpc) is 2.84. The van der Waals surface area contributed by atoms with E-state index in [1.807, 2.05) is 0 Å². The summed E-state index contributed by atoms with van der Waals surface area (Å²) in [7, 11) is 0. The molecule has 0 aromatic carbocycles. The van der Waals surface area contributed by atoms with Crippen LogP contribution < -0.4 is 16.6 Å². The van der Waals surface area contributed by atoms with E-state index in [4.69, 9.17) is 5.84 Å². The summed E-state index contributed by atoms with van der Waals surface area (Å²) in [5.74, 6) is 6.64. The second-order valence-electron chi connectivity index (χ2n) is 3.34. The number of nitrogens with two attached hydrogens (primary N) is 1. The third-order valence-corrected chi connectivity index (χ3v) is 3.70. The Balaban J connectivity index is 1.95. The molecule has 0 fully saturated rings. The van der Waals surface area contributed by atoms with Gasteiger partial charge in [0.2, 0.25) is 0 Å². The summed E-state index contributed by atoms with van der Waals surface area (Å²) in [5, 5.41) is 7.46. The molecule has 0 aliphatic heterocycles. The van der Waals surface area contributed by atoms with Gasteiger partial charge in [-0.15, -0.1) is 0 Å². The standard InChI is InChI=1S/C10H12BrN5S/c11-8-9(14-6-15-10(8)16-12)13-3-1-7-2-4-17-5-7/h2,4-6H,1,3,12H2,(H2,13,14,15,16). The number of thiophene rings is 1. The summed E-state index contributed by atoms with van der Waals surface area (Å²) in [6.45, 7) is 0.816. The maximum atomic E-state index is 5.33. The topological polar surface area (TPSA) is 75.9 Å². The molecule has 0 saturated heterocycles. The molecule has 0 aliphatic rings. The van der Waals surface area contributed by atoms with Crippen LogP contribution in [0.1, 0.15) is 5.56 Å². The molecule has 0 aliphatic carbocycles. The molecule has 2 rings (SSSR count). The first-order valence-corrected chi connectivity index (χ1v) is 6.77. The number of halogens is 1. The quantitative estimate of drug-likeness (QED) is 0.583. The second-order valence-corrected chi connectivity index (χ2v) is 4.91. The van der Waals surface area contributed by atoms with Crippen molar-refractivity contribution in [3.63, 3.8) is 0 Å². The van der Waals surface area contributed by atoms with Crippen LogP contribution in [0.25, 0.3) is 0 Å². The van der Waals surface area contributed by atoms with Gasteiger partial charge in [0.05, 0.1) is 0 Å². The van der Waals surface area contributed by atoms with Gasteiger partial charge in [0.15, 0.2) is 5.82 Å². The normalized spacial score (nSPS) is 10.2. The van der Waals surface area contributed by atoms with Crippen molar-refractivity contribution >= 4 is 38.9 Å². The molecule has 0 amide bonds. The Morgan fingerprint density at radius 2 is 2.18 bits per heavy atom. The predicted molar refractivity (Wildman–Crippen MR) is 74.1 cm³/mol. The van der Waals surface area contributed by atoms with E-state index in [0.717, 1.165) is 23.3 Å². The lowest BCUT2D eigenvalue weighted by molar-refractivity contribution is 0.999. The number of nitrogen functional groups attached to an aromatic ring is 1. The first kappa shape index (κ1) is 12.3. The maximum absolute atomic E-state index is 5.33. The van der Waals surface area contributed by atoms with Crippen LogP contribution >= 0.6 is 27.3 Å². The van der Waals surface area contributed by atoms with E-state index >= 15 is 0 Å². The smallest absolute Gasteiger partial charge is 0.159 e. The molecule has 0 radical (unpaired) electrons. The molecule has 90 valence electrons. The molecule has 2 aromatic rings. The summed E-state index contributed by atoms with van der Waals surface area (Å²) in [6.07, 6.45) is 2.43. The average molecular weight is 314 g/mol. The van der Waals surface area contributed by atoms with E-state index in [-0.39, 0.29) is 0 Å². The van der Waals surface area contributed by atoms with Crippen LogP contribution in [0, 0.1) is 0 Å². The van der Waals surface area contributed by atoms with E-state index < -0.39 is 0 Å². The third-order valence-electron chi connectivity index (χ3n) is 2.21. The van der Waals surface area contributed by atoms with Gasteiger partial charge in [-0.1, -0.05) is 0 Å². The molecule has 0 spiro atoms. The zero-order chi connectivity index (χ0) is 12.1. The van der Waals surface area contributed by atoms with Gasteiger partial charge in [-0.2, -0.15) is 11.3 Å². The monoisotopic (exact) mass is 313 g/mol. The molecule has 0 atom stereocenters. The molecule has 0 unspecified atom stereocenters. The molecule has 5 nitrogen and oxygen atoms in total. The molecule has 0 saturated carbocycles. The number of hydrogen-bond acceptors (Lipinski definition) is 6. The number of nitrogens with one attached hydrogen (secondary N) is 2. The molecule has 2 heterocycles. The van der Waals surface area contributed by atoms with Crippen molar-refractivity contribution in [2.45, 2.75) is 6.42 Å². The number of hydrazine groups is 1. The molecular formula is C10H12BrN5S. The molecular weight excluding hydrogens is 302 g/mol. The van der Waals surface area contributed by atoms with E-state index in [1.165, 1.54) is 11.9 Å². The minimum absolute atomic E-state index is 0.568. The van der Waals surface area contributed by atoms with Crippen LogP contribution in [0.3, 0.4) is 0 Å². The first-order valence-electron chi connectivity index (χ1n) is 5.03. The number of rotatable bonds is 5. The molecule has 7 heteroatoms. The maximum Gasteiger partial charge on any atom is 0.159 e. The van der Waals surface area contributed by atoms with Gasteiger partial charge in [-0.25, -0.2) is 15.8 Å². The fourth-order valence-corrected chi connectivity index (χ4v) is 2.52. The van der Waals surface area contributed by atoms with Crippen LogP contribution in [0.15, 0.2) is 27.6 Å². The Kier molecular flexibility index (Phi) is 4.29. The van der Waals surface area contributed by atoms with E-state index in [0.29, 0.717) is 5.82 Å². The number of anilines is 2. The van der Waals surface area contributed by atoms with Crippen molar-refractivity contribution in [3.05, 3.63) is 33.2 Å². The number of aromatic nitrogens is 2. The van der Waals surface area contributed by atoms with Crippen LogP contribution in [-0.2, 0) is 6.42 Å². The lowest BCUT2D eigenvalue weighted by atomic mass is 10.2. The van der Waals surface area contributed by atoms with E-state index in [1.54, 1.807) is 11.3 Å². The Morgan fingerprint density at radius 3 is 2.88 bits per heavy atom. The Bertz CT molecular complexity index is 474. The van der Waals surface area contributed by atoms with Crippen molar-refractivity contribution in [2.24, 2.45) is 5.84 Å². The molecule has 0 bridgehead atoms. The van der Waals surface area contributed by atoms with Crippen molar-refractivity contribution in [3.8, 4) is 0 Å². The highest BCUT2D eigenvalue weighted by Gasteiger charge is 2.06. The highest BCUT2D eigenvalue weighted by molar-refractivity contribution is 9.10. The van der Waals surface area contributed by atoms with Crippen molar-refractivity contribution < 1.29 is 0 Å². The largest absolute Gasteiger partial charge is 0.369 e. The Labute approximate surface area is 112 Å². The van der Waals surface area contributed by atoms with Gasteiger partial charge in [-0.05, 0) is 44.7 Å². The summed E-state index contributed by atoms with van der Waals surface area (Å²) in [6, 6.07) is 2.12. The van der Waals surface area contributed by atoms with Gasteiger partial charge >= 0.3 is 0 Å². The zero-order valence-electron chi connectivity index (χ0n) is 8.98. The number of nitrogens with zero attached hydrogens (tertiary/aromatic N) is 2. The highest BCUT2D eigenvalue weighted by Crippen LogP contribution is 2.25. The summed E-state index contributed by atoms with van der Waals surface area (Å²) < 4.78 is 0.743. The van der Waals surface area contributed by atoms with Crippen molar-refractivity contribution in [1.82, 2.24) is 9.97 Å². The lowest BCUT2D eigenvalue weighted by Crippen LogP contribution is -2.12. The summed E-state index contributed by atoms with van der Waals surface area (Å²) >= 11 is 5.10. The van der Waals surface area contributed by atoms with Crippen LogP contribution in [0.5, 0.6) is 0 Å². The van der Waals surface area contributed by atoms with Gasteiger partial charge in [0.25, 0.3) is 0 Å².